The number of carbonyl (C=O) groups excluding carboxylic acids is 1. The van der Waals surface area contributed by atoms with Crippen LogP contribution in [0, 0.1) is 5.92 Å². The van der Waals surface area contributed by atoms with E-state index in [0.717, 1.165) is 30.8 Å². The van der Waals surface area contributed by atoms with Crippen LogP contribution in [0.15, 0.2) is 0 Å². The van der Waals surface area contributed by atoms with Crippen LogP contribution in [0.3, 0.4) is 0 Å². The highest BCUT2D eigenvalue weighted by molar-refractivity contribution is 7.99. The van der Waals surface area contributed by atoms with Gasteiger partial charge in [0.05, 0.1) is 5.60 Å². The Morgan fingerprint density at radius 1 is 1.60 bits per heavy atom. The predicted molar refractivity (Wildman–Crippen MR) is 62.0 cm³/mol. The second-order valence-electron chi connectivity index (χ2n) is 4.54. The molecule has 1 N–H and O–H groups in total. The lowest BCUT2D eigenvalue weighted by Gasteiger charge is -2.30. The van der Waals surface area contributed by atoms with Gasteiger partial charge in [-0.1, -0.05) is 6.42 Å². The number of thioether (sulfide) groups is 1. The fourth-order valence-electron chi connectivity index (χ4n) is 2.02. The number of hydrogen-bond donors (Lipinski definition) is 1. The third kappa shape index (κ3) is 2.48. The number of carbonyl (C=O) groups is 1. The molecule has 15 heavy (non-hydrogen) atoms. The molecule has 0 aromatic rings. The van der Waals surface area contributed by atoms with Crippen molar-refractivity contribution in [1.82, 2.24) is 5.32 Å². The van der Waals surface area contributed by atoms with Crippen LogP contribution >= 0.6 is 11.8 Å². The first-order chi connectivity index (χ1) is 7.26. The molecule has 0 spiro atoms. The third-order valence-corrected chi connectivity index (χ3v) is 4.78. The van der Waals surface area contributed by atoms with Crippen molar-refractivity contribution in [2.45, 2.75) is 31.3 Å². The van der Waals surface area contributed by atoms with Gasteiger partial charge in [-0.25, -0.2) is 0 Å². The first-order valence-corrected chi connectivity index (χ1v) is 6.82. The van der Waals surface area contributed by atoms with E-state index in [-0.39, 0.29) is 17.4 Å². The first-order valence-electron chi connectivity index (χ1n) is 5.66. The Hall–Kier alpha value is -0.220. The lowest BCUT2D eigenvalue weighted by Crippen LogP contribution is -2.47. The van der Waals surface area contributed by atoms with Crippen LogP contribution in [-0.2, 0) is 9.53 Å². The van der Waals surface area contributed by atoms with Crippen molar-refractivity contribution in [3.8, 4) is 0 Å². The molecule has 0 aromatic heterocycles. The lowest BCUT2D eigenvalue weighted by atomic mass is 9.84. The Kier molecular flexibility index (Phi) is 3.57. The predicted octanol–water partition coefficient (Wildman–Crippen LogP) is 1.42. The quantitative estimate of drug-likeness (QED) is 0.792. The topological polar surface area (TPSA) is 38.3 Å². The zero-order valence-corrected chi connectivity index (χ0v) is 10.1. The SMILES string of the molecule is COC1(CNC(=O)C2CCC2)CCSC1. The van der Waals surface area contributed by atoms with E-state index < -0.39 is 0 Å². The van der Waals surface area contributed by atoms with E-state index in [1.165, 1.54) is 6.42 Å². The number of methoxy groups -OCH3 is 1. The molecule has 1 amide bonds. The van der Waals surface area contributed by atoms with E-state index in [4.69, 9.17) is 4.74 Å². The molecule has 2 aliphatic rings. The number of amides is 1. The van der Waals surface area contributed by atoms with Crippen LogP contribution in [-0.4, -0.2) is 36.7 Å². The van der Waals surface area contributed by atoms with Crippen LogP contribution < -0.4 is 5.32 Å². The average molecular weight is 229 g/mol. The molecule has 0 radical (unpaired) electrons. The molecule has 2 fully saturated rings. The van der Waals surface area contributed by atoms with Gasteiger partial charge in [-0.2, -0.15) is 11.8 Å². The molecule has 3 nitrogen and oxygen atoms in total. The van der Waals surface area contributed by atoms with Crippen molar-refractivity contribution < 1.29 is 9.53 Å². The highest BCUT2D eigenvalue weighted by Gasteiger charge is 2.35. The van der Waals surface area contributed by atoms with Gasteiger partial charge in [-0.15, -0.1) is 0 Å². The first kappa shape index (κ1) is 11.3. The summed E-state index contributed by atoms with van der Waals surface area (Å²) in [5, 5.41) is 3.04. The molecule has 1 atom stereocenters. The van der Waals surface area contributed by atoms with E-state index in [9.17, 15) is 4.79 Å². The molecule has 1 aliphatic heterocycles. The maximum absolute atomic E-state index is 11.7. The van der Waals surface area contributed by atoms with E-state index >= 15 is 0 Å². The van der Waals surface area contributed by atoms with E-state index in [1.807, 2.05) is 11.8 Å². The molecule has 1 saturated carbocycles. The van der Waals surface area contributed by atoms with E-state index in [2.05, 4.69) is 5.32 Å². The summed E-state index contributed by atoms with van der Waals surface area (Å²) in [7, 11) is 1.75. The van der Waals surface area contributed by atoms with Crippen LogP contribution in [0.25, 0.3) is 0 Å². The summed E-state index contributed by atoms with van der Waals surface area (Å²) >= 11 is 1.91. The lowest BCUT2D eigenvalue weighted by molar-refractivity contribution is -0.128. The van der Waals surface area contributed by atoms with Crippen LogP contribution in [0.1, 0.15) is 25.7 Å². The fraction of sp³-hybridized carbons (Fsp3) is 0.909. The summed E-state index contributed by atoms with van der Waals surface area (Å²) in [6.45, 7) is 0.686. The molecular formula is C11H19NO2S. The Balaban J connectivity index is 1.77. The standard InChI is InChI=1S/C11H19NO2S/c1-14-11(5-6-15-8-11)7-12-10(13)9-3-2-4-9/h9H,2-8H2,1H3,(H,12,13). The average Bonchev–Trinajstić information content (AvgIpc) is 2.61. The highest BCUT2D eigenvalue weighted by atomic mass is 32.2. The largest absolute Gasteiger partial charge is 0.376 e. The van der Waals surface area contributed by atoms with Gasteiger partial charge in [0.25, 0.3) is 0 Å². The van der Waals surface area contributed by atoms with Gasteiger partial charge in [-0.3, -0.25) is 4.79 Å². The van der Waals surface area contributed by atoms with Crippen molar-refractivity contribution in [2.24, 2.45) is 5.92 Å². The van der Waals surface area contributed by atoms with Crippen molar-refractivity contribution in [3.63, 3.8) is 0 Å². The maximum atomic E-state index is 11.7. The molecule has 1 unspecified atom stereocenters. The van der Waals surface area contributed by atoms with Crippen LogP contribution in [0.5, 0.6) is 0 Å². The summed E-state index contributed by atoms with van der Waals surface area (Å²) in [4.78, 5) is 11.7. The smallest absolute Gasteiger partial charge is 0.223 e. The van der Waals surface area contributed by atoms with Crippen LogP contribution in [0.2, 0.25) is 0 Å². The minimum Gasteiger partial charge on any atom is -0.376 e. The molecule has 1 saturated heterocycles. The second-order valence-corrected chi connectivity index (χ2v) is 5.64. The summed E-state index contributed by atoms with van der Waals surface area (Å²) in [5.74, 6) is 2.67. The summed E-state index contributed by atoms with van der Waals surface area (Å²) in [6.07, 6.45) is 4.41. The van der Waals surface area contributed by atoms with Gasteiger partial charge in [0.1, 0.15) is 0 Å². The van der Waals surface area contributed by atoms with Crippen molar-refractivity contribution in [1.29, 1.82) is 0 Å². The summed E-state index contributed by atoms with van der Waals surface area (Å²) in [5.41, 5.74) is -0.0932. The molecule has 2 rings (SSSR count). The number of hydrogen-bond acceptors (Lipinski definition) is 3. The summed E-state index contributed by atoms with van der Waals surface area (Å²) in [6, 6.07) is 0. The van der Waals surface area contributed by atoms with Gasteiger partial charge < -0.3 is 10.1 Å². The van der Waals surface area contributed by atoms with Gasteiger partial charge in [0, 0.05) is 25.3 Å². The minimum absolute atomic E-state index is 0.0932. The van der Waals surface area contributed by atoms with Gasteiger partial charge in [0.15, 0.2) is 0 Å². The molecule has 1 aliphatic carbocycles. The number of nitrogens with one attached hydrogen (secondary N) is 1. The Labute approximate surface area is 95.3 Å². The van der Waals surface area contributed by atoms with E-state index in [0.29, 0.717) is 6.54 Å². The monoisotopic (exact) mass is 229 g/mol. The zero-order chi connectivity index (χ0) is 10.7. The van der Waals surface area contributed by atoms with Gasteiger partial charge in [-0.05, 0) is 25.0 Å². The molecule has 0 aromatic carbocycles. The van der Waals surface area contributed by atoms with Crippen molar-refractivity contribution >= 4 is 17.7 Å². The molecule has 0 bridgehead atoms. The number of rotatable bonds is 4. The fourth-order valence-corrected chi connectivity index (χ4v) is 3.42. The zero-order valence-electron chi connectivity index (χ0n) is 9.25. The minimum atomic E-state index is -0.0932. The maximum Gasteiger partial charge on any atom is 0.223 e. The second kappa shape index (κ2) is 4.74. The normalized spacial score (nSPS) is 31.3. The molecule has 4 heteroatoms. The van der Waals surface area contributed by atoms with Gasteiger partial charge in [0.2, 0.25) is 5.91 Å². The van der Waals surface area contributed by atoms with Crippen molar-refractivity contribution in [2.75, 3.05) is 25.2 Å². The Bertz CT molecular complexity index is 235. The number of ether oxygens (including phenoxy) is 1. The Morgan fingerprint density at radius 3 is 2.87 bits per heavy atom. The Morgan fingerprint density at radius 2 is 2.40 bits per heavy atom. The summed E-state index contributed by atoms with van der Waals surface area (Å²) < 4.78 is 5.55. The highest BCUT2D eigenvalue weighted by Crippen LogP contribution is 2.31. The molecule has 86 valence electrons. The molecular weight excluding hydrogens is 210 g/mol. The van der Waals surface area contributed by atoms with Crippen LogP contribution in [0.4, 0.5) is 0 Å². The van der Waals surface area contributed by atoms with Gasteiger partial charge >= 0.3 is 0 Å². The van der Waals surface area contributed by atoms with Crippen molar-refractivity contribution in [3.05, 3.63) is 0 Å². The molecule has 1 heterocycles. The third-order valence-electron chi connectivity index (χ3n) is 3.56. The van der Waals surface area contributed by atoms with E-state index in [1.54, 1.807) is 7.11 Å².